The van der Waals surface area contributed by atoms with E-state index in [1.807, 2.05) is 13.8 Å². The van der Waals surface area contributed by atoms with Gasteiger partial charge >= 0.3 is 0 Å². The number of aliphatic hydroxyl groups excluding tert-OH is 1. The Morgan fingerprint density at radius 1 is 1.17 bits per heavy atom. The van der Waals surface area contributed by atoms with Gasteiger partial charge < -0.3 is 24.4 Å². The van der Waals surface area contributed by atoms with Crippen LogP contribution in [0.25, 0.3) is 5.76 Å². The molecule has 0 unspecified atom stereocenters. The molecule has 2 aliphatic heterocycles. The lowest BCUT2D eigenvalue weighted by Crippen LogP contribution is -3.14. The Balaban J connectivity index is 1.67. The highest BCUT2D eigenvalue weighted by Crippen LogP contribution is 2.39. The number of rotatable bonds is 8. The Morgan fingerprint density at radius 2 is 1.89 bits per heavy atom. The van der Waals surface area contributed by atoms with Crippen molar-refractivity contribution in [3.8, 4) is 5.75 Å². The molecule has 0 saturated carbocycles. The summed E-state index contributed by atoms with van der Waals surface area (Å²) in [6.07, 6.45) is 0.697. The molecule has 2 N–H and O–H groups in total. The van der Waals surface area contributed by atoms with Crippen LogP contribution >= 0.6 is 0 Å². The molecular formula is C27H32FN2O5+. The minimum absolute atomic E-state index is 0.0175. The first-order valence-corrected chi connectivity index (χ1v) is 12.1. The van der Waals surface area contributed by atoms with E-state index in [4.69, 9.17) is 9.47 Å². The van der Waals surface area contributed by atoms with Crippen molar-refractivity contribution in [3.63, 3.8) is 0 Å². The molecule has 2 saturated heterocycles. The number of quaternary nitrogens is 1. The topological polar surface area (TPSA) is 80.5 Å². The second kappa shape index (κ2) is 11.0. The maximum absolute atomic E-state index is 13.7. The molecular weight excluding hydrogens is 451 g/mol. The van der Waals surface area contributed by atoms with E-state index < -0.39 is 23.5 Å². The van der Waals surface area contributed by atoms with Crippen molar-refractivity contribution in [2.45, 2.75) is 26.3 Å². The predicted molar refractivity (Wildman–Crippen MR) is 129 cm³/mol. The Morgan fingerprint density at radius 3 is 2.54 bits per heavy atom. The van der Waals surface area contributed by atoms with Crippen LogP contribution in [0.15, 0.2) is 48.0 Å². The zero-order valence-corrected chi connectivity index (χ0v) is 20.2. The van der Waals surface area contributed by atoms with E-state index in [2.05, 4.69) is 0 Å². The van der Waals surface area contributed by atoms with Crippen LogP contribution in [-0.4, -0.2) is 67.7 Å². The molecule has 2 fully saturated rings. The number of nitrogens with zero attached hydrogens (tertiary/aromatic N) is 1. The van der Waals surface area contributed by atoms with Crippen LogP contribution in [0.2, 0.25) is 0 Å². The number of carbonyl (C=O) groups excluding carboxylic acids is 2. The first kappa shape index (κ1) is 24.9. The van der Waals surface area contributed by atoms with Gasteiger partial charge in [-0.25, -0.2) is 4.39 Å². The van der Waals surface area contributed by atoms with Crippen LogP contribution in [0.3, 0.4) is 0 Å². The largest absolute Gasteiger partial charge is 0.507 e. The summed E-state index contributed by atoms with van der Waals surface area (Å²) in [5.74, 6) is -1.36. The SMILES string of the molecule is CCOc1ccc(C(O)=C2C(=O)C(=O)N(CCC[NH+]3CCOCC3)[C@H]2c2ccc(F)cc2)cc1C. The lowest BCUT2D eigenvalue weighted by Gasteiger charge is -2.27. The number of carbonyl (C=O) groups is 2. The highest BCUT2D eigenvalue weighted by molar-refractivity contribution is 6.46. The van der Waals surface area contributed by atoms with Crippen LogP contribution in [0, 0.1) is 12.7 Å². The van der Waals surface area contributed by atoms with Crippen molar-refractivity contribution in [1.29, 1.82) is 0 Å². The highest BCUT2D eigenvalue weighted by Gasteiger charge is 2.46. The minimum Gasteiger partial charge on any atom is -0.507 e. The Labute approximate surface area is 204 Å². The van der Waals surface area contributed by atoms with Gasteiger partial charge in [-0.3, -0.25) is 9.59 Å². The van der Waals surface area contributed by atoms with Gasteiger partial charge in [0.1, 0.15) is 30.4 Å². The van der Waals surface area contributed by atoms with Crippen molar-refractivity contribution in [2.75, 3.05) is 46.0 Å². The number of hydrogen-bond donors (Lipinski definition) is 2. The molecule has 0 aromatic heterocycles. The predicted octanol–water partition coefficient (Wildman–Crippen LogP) is 2.26. The second-order valence-electron chi connectivity index (χ2n) is 8.92. The highest BCUT2D eigenvalue weighted by atomic mass is 19.1. The van der Waals surface area contributed by atoms with Crippen molar-refractivity contribution >= 4 is 17.4 Å². The maximum atomic E-state index is 13.7. The molecule has 35 heavy (non-hydrogen) atoms. The average molecular weight is 484 g/mol. The number of morpholine rings is 1. The van der Waals surface area contributed by atoms with Crippen LogP contribution in [0.4, 0.5) is 4.39 Å². The maximum Gasteiger partial charge on any atom is 0.295 e. The molecule has 2 aliphatic rings. The number of halogens is 1. The third-order valence-corrected chi connectivity index (χ3v) is 6.60. The van der Waals surface area contributed by atoms with E-state index >= 15 is 0 Å². The number of hydrogen-bond acceptors (Lipinski definition) is 5. The number of benzene rings is 2. The lowest BCUT2D eigenvalue weighted by molar-refractivity contribution is -0.908. The molecule has 0 aliphatic carbocycles. The normalized spacial score (nSPS) is 20.4. The summed E-state index contributed by atoms with van der Waals surface area (Å²) in [6, 6.07) is 10.1. The third kappa shape index (κ3) is 5.39. The van der Waals surface area contributed by atoms with Crippen LogP contribution in [0.1, 0.15) is 36.1 Å². The summed E-state index contributed by atoms with van der Waals surface area (Å²) in [6.45, 7) is 8.72. The molecule has 0 bridgehead atoms. The number of aryl methyl sites for hydroxylation is 1. The van der Waals surface area contributed by atoms with E-state index in [0.717, 1.165) is 38.4 Å². The zero-order valence-electron chi connectivity index (χ0n) is 20.2. The van der Waals surface area contributed by atoms with Crippen molar-refractivity contribution < 1.29 is 33.5 Å². The summed E-state index contributed by atoms with van der Waals surface area (Å²) >= 11 is 0. The van der Waals surface area contributed by atoms with Gasteiger partial charge in [-0.1, -0.05) is 12.1 Å². The van der Waals surface area contributed by atoms with Crippen molar-refractivity contribution in [2.24, 2.45) is 0 Å². The Kier molecular flexibility index (Phi) is 7.83. The van der Waals surface area contributed by atoms with Gasteiger partial charge in [0.25, 0.3) is 11.7 Å². The molecule has 2 aromatic carbocycles. The van der Waals surface area contributed by atoms with Crippen LogP contribution in [-0.2, 0) is 14.3 Å². The van der Waals surface area contributed by atoms with Crippen molar-refractivity contribution in [1.82, 2.24) is 4.90 Å². The fraction of sp³-hybridized carbons (Fsp3) is 0.407. The number of ketones is 1. The quantitative estimate of drug-likeness (QED) is 0.342. The zero-order chi connectivity index (χ0) is 24.9. The molecule has 4 rings (SSSR count). The average Bonchev–Trinajstić information content (AvgIpc) is 3.11. The first-order valence-electron chi connectivity index (χ1n) is 12.1. The molecule has 8 heteroatoms. The molecule has 2 aromatic rings. The first-order chi connectivity index (χ1) is 16.9. The van der Waals surface area contributed by atoms with E-state index in [9.17, 15) is 19.1 Å². The Bertz CT molecular complexity index is 1110. The van der Waals surface area contributed by atoms with Crippen LogP contribution in [0.5, 0.6) is 5.75 Å². The Hall–Kier alpha value is -3.23. The van der Waals surface area contributed by atoms with Gasteiger partial charge in [0.2, 0.25) is 0 Å². The molecule has 0 radical (unpaired) electrons. The van der Waals surface area contributed by atoms with E-state index in [1.165, 1.54) is 21.9 Å². The van der Waals surface area contributed by atoms with E-state index in [0.29, 0.717) is 36.4 Å². The second-order valence-corrected chi connectivity index (χ2v) is 8.92. The van der Waals surface area contributed by atoms with Gasteiger partial charge in [0.05, 0.1) is 38.0 Å². The van der Waals surface area contributed by atoms with Crippen LogP contribution < -0.4 is 9.64 Å². The number of amides is 1. The smallest absolute Gasteiger partial charge is 0.295 e. The molecule has 7 nitrogen and oxygen atoms in total. The van der Waals surface area contributed by atoms with E-state index in [1.54, 1.807) is 30.3 Å². The summed E-state index contributed by atoms with van der Waals surface area (Å²) in [4.78, 5) is 29.2. The summed E-state index contributed by atoms with van der Waals surface area (Å²) in [5, 5.41) is 11.2. The van der Waals surface area contributed by atoms with E-state index in [-0.39, 0.29) is 11.3 Å². The summed E-state index contributed by atoms with van der Waals surface area (Å²) in [5.41, 5.74) is 1.82. The van der Waals surface area contributed by atoms with Gasteiger partial charge in [-0.05, 0) is 55.3 Å². The lowest BCUT2D eigenvalue weighted by atomic mass is 9.94. The fourth-order valence-electron chi connectivity index (χ4n) is 4.78. The van der Waals surface area contributed by atoms with Gasteiger partial charge in [0.15, 0.2) is 0 Å². The molecule has 0 spiro atoms. The number of nitrogens with one attached hydrogen (secondary N) is 1. The standard InChI is InChI=1S/C27H31FN2O5/c1-3-35-22-10-7-20(17-18(22)2)25(31)23-24(19-5-8-21(28)9-6-19)30(27(33)26(23)32)12-4-11-29-13-15-34-16-14-29/h5-10,17,24,31H,3-4,11-16H2,1-2H3/p+1/t24-/m0/s1. The molecule has 1 amide bonds. The molecule has 1 atom stereocenters. The van der Waals surface area contributed by atoms with Gasteiger partial charge in [-0.15, -0.1) is 0 Å². The third-order valence-electron chi connectivity index (χ3n) is 6.60. The number of likely N-dealkylation sites (tertiary alicyclic amines) is 1. The summed E-state index contributed by atoms with van der Waals surface area (Å²) < 4.78 is 24.6. The van der Waals surface area contributed by atoms with Gasteiger partial charge in [-0.2, -0.15) is 0 Å². The number of aliphatic hydroxyl groups is 1. The monoisotopic (exact) mass is 483 g/mol. The number of Topliss-reactive ketones (excluding diaryl/α,β-unsaturated/α-hetero) is 1. The molecule has 186 valence electrons. The van der Waals surface area contributed by atoms with Gasteiger partial charge in [0, 0.05) is 18.5 Å². The number of ether oxygens (including phenoxy) is 2. The minimum atomic E-state index is -0.790. The fourth-order valence-corrected chi connectivity index (χ4v) is 4.78. The van der Waals surface area contributed by atoms with Crippen molar-refractivity contribution in [3.05, 3.63) is 70.5 Å². The molecule has 2 heterocycles. The summed E-state index contributed by atoms with van der Waals surface area (Å²) in [7, 11) is 0.